The molecule has 0 N–H and O–H groups in total. The molecule has 6 rings (SSSR count). The Morgan fingerprint density at radius 2 is 1.56 bits per heavy atom. The van der Waals surface area contributed by atoms with E-state index in [1.165, 1.54) is 22.9 Å². The van der Waals surface area contributed by atoms with Crippen molar-refractivity contribution in [2.75, 3.05) is 45.9 Å². The second-order valence-electron chi connectivity index (χ2n) is 10.9. The number of nitrogens with zero attached hydrogens (tertiary/aromatic N) is 4. The summed E-state index contributed by atoms with van der Waals surface area (Å²) in [7, 11) is 0. The molecule has 1 unspecified atom stereocenters. The summed E-state index contributed by atoms with van der Waals surface area (Å²) in [4.78, 5) is 32.1. The minimum atomic E-state index is -0.593. The number of ether oxygens (including phenoxy) is 2. The summed E-state index contributed by atoms with van der Waals surface area (Å²) in [6.07, 6.45) is 7.59. The van der Waals surface area contributed by atoms with Gasteiger partial charge >= 0.3 is 0 Å². The van der Waals surface area contributed by atoms with Gasteiger partial charge in [-0.1, -0.05) is 30.3 Å². The molecular formula is C31H38N4O4. The Kier molecular flexibility index (Phi) is 7.72. The molecule has 2 saturated heterocycles. The van der Waals surface area contributed by atoms with E-state index < -0.39 is 6.10 Å². The molecular weight excluding hydrogens is 492 g/mol. The zero-order valence-electron chi connectivity index (χ0n) is 22.6. The number of benzene rings is 2. The number of amides is 2. The molecule has 2 aromatic carbocycles. The highest BCUT2D eigenvalue weighted by atomic mass is 16.6. The van der Waals surface area contributed by atoms with Crippen LogP contribution in [0.3, 0.4) is 0 Å². The van der Waals surface area contributed by atoms with E-state index >= 15 is 0 Å². The van der Waals surface area contributed by atoms with Crippen molar-refractivity contribution < 1.29 is 19.1 Å². The Morgan fingerprint density at radius 3 is 2.38 bits per heavy atom. The van der Waals surface area contributed by atoms with Crippen LogP contribution in [-0.4, -0.2) is 83.1 Å². The highest BCUT2D eigenvalue weighted by molar-refractivity contribution is 5.84. The van der Waals surface area contributed by atoms with Crippen molar-refractivity contribution in [1.29, 1.82) is 0 Å². The number of fused-ring (bicyclic) bond motifs is 2. The summed E-state index contributed by atoms with van der Waals surface area (Å²) < 4.78 is 14.0. The normalized spacial score (nSPS) is 19.8. The Balaban J connectivity index is 1.03. The maximum absolute atomic E-state index is 13.1. The molecule has 39 heavy (non-hydrogen) atoms. The van der Waals surface area contributed by atoms with E-state index in [0.29, 0.717) is 36.9 Å². The molecule has 2 amide bonds. The molecule has 0 bridgehead atoms. The predicted molar refractivity (Wildman–Crippen MR) is 150 cm³/mol. The molecule has 4 heterocycles. The summed E-state index contributed by atoms with van der Waals surface area (Å²) >= 11 is 0. The van der Waals surface area contributed by atoms with Crippen LogP contribution in [0.5, 0.6) is 11.5 Å². The van der Waals surface area contributed by atoms with Crippen molar-refractivity contribution in [1.82, 2.24) is 19.3 Å². The standard InChI is InChI=1S/C31H38N4O4/c36-30(33-15-6-1-7-16-33)14-8-9-24-21-35(26-11-3-2-10-25(24)26)23-32-17-19-34(20-18-32)31(37)29-22-38-27-12-4-5-13-28(27)39-29/h2-5,10-13,21,29H,1,6-9,14-20,22-23H2. The van der Waals surface area contributed by atoms with Crippen LogP contribution in [0.1, 0.15) is 37.7 Å². The fourth-order valence-corrected chi connectivity index (χ4v) is 6.04. The number of carbonyl (C=O) groups is 2. The third kappa shape index (κ3) is 5.76. The number of piperidine rings is 1. The lowest BCUT2D eigenvalue weighted by atomic mass is 10.1. The minimum Gasteiger partial charge on any atom is -0.485 e. The fraction of sp³-hybridized carbons (Fsp3) is 0.484. The summed E-state index contributed by atoms with van der Waals surface area (Å²) in [6, 6.07) is 16.0. The summed E-state index contributed by atoms with van der Waals surface area (Å²) in [6.45, 7) is 5.84. The van der Waals surface area contributed by atoms with Gasteiger partial charge < -0.3 is 23.8 Å². The van der Waals surface area contributed by atoms with Crippen LogP contribution >= 0.6 is 0 Å². The topological polar surface area (TPSA) is 67.2 Å². The van der Waals surface area contributed by atoms with Gasteiger partial charge in [-0.15, -0.1) is 0 Å². The molecule has 2 fully saturated rings. The minimum absolute atomic E-state index is 0.00282. The van der Waals surface area contributed by atoms with Gasteiger partial charge in [0.1, 0.15) is 6.61 Å². The molecule has 8 nitrogen and oxygen atoms in total. The Labute approximate surface area is 230 Å². The number of rotatable bonds is 7. The molecule has 3 aliphatic rings. The van der Waals surface area contributed by atoms with Gasteiger partial charge in [-0.25, -0.2) is 0 Å². The lowest BCUT2D eigenvalue weighted by molar-refractivity contribution is -0.143. The average Bonchev–Trinajstić information content (AvgIpc) is 3.34. The summed E-state index contributed by atoms with van der Waals surface area (Å²) in [5.41, 5.74) is 2.53. The molecule has 3 aliphatic heterocycles. The maximum atomic E-state index is 13.1. The van der Waals surface area contributed by atoms with E-state index in [1.807, 2.05) is 34.1 Å². The van der Waals surface area contributed by atoms with Crippen molar-refractivity contribution in [2.24, 2.45) is 0 Å². The Hall–Kier alpha value is -3.52. The zero-order chi connectivity index (χ0) is 26.6. The van der Waals surface area contributed by atoms with Gasteiger partial charge in [0.25, 0.3) is 5.91 Å². The van der Waals surface area contributed by atoms with Crippen LogP contribution in [0.2, 0.25) is 0 Å². The number of hydrogen-bond acceptors (Lipinski definition) is 5. The van der Waals surface area contributed by atoms with Crippen LogP contribution in [0.4, 0.5) is 0 Å². The van der Waals surface area contributed by atoms with Gasteiger partial charge in [0.2, 0.25) is 12.0 Å². The molecule has 1 aromatic heterocycles. The molecule has 206 valence electrons. The highest BCUT2D eigenvalue weighted by Gasteiger charge is 2.32. The largest absolute Gasteiger partial charge is 0.485 e. The van der Waals surface area contributed by atoms with Gasteiger partial charge in [-0.2, -0.15) is 0 Å². The van der Waals surface area contributed by atoms with Crippen molar-refractivity contribution in [3.8, 4) is 11.5 Å². The van der Waals surface area contributed by atoms with Crippen molar-refractivity contribution in [3.63, 3.8) is 0 Å². The van der Waals surface area contributed by atoms with Crippen molar-refractivity contribution in [3.05, 3.63) is 60.3 Å². The monoisotopic (exact) mass is 530 g/mol. The number of likely N-dealkylation sites (tertiary alicyclic amines) is 1. The third-order valence-corrected chi connectivity index (χ3v) is 8.24. The zero-order valence-corrected chi connectivity index (χ0v) is 22.6. The third-order valence-electron chi connectivity index (χ3n) is 8.24. The molecule has 8 heteroatoms. The first-order valence-electron chi connectivity index (χ1n) is 14.4. The van der Waals surface area contributed by atoms with Crippen LogP contribution in [0.15, 0.2) is 54.7 Å². The lowest BCUT2D eigenvalue weighted by Gasteiger charge is -2.37. The summed E-state index contributed by atoms with van der Waals surface area (Å²) in [5.74, 6) is 1.63. The Morgan fingerprint density at radius 1 is 0.821 bits per heavy atom. The quantitative estimate of drug-likeness (QED) is 0.463. The number of aryl methyl sites for hydroxylation is 1. The number of hydrogen-bond donors (Lipinski definition) is 0. The molecule has 0 aliphatic carbocycles. The van der Waals surface area contributed by atoms with Crippen LogP contribution < -0.4 is 9.47 Å². The first-order valence-corrected chi connectivity index (χ1v) is 14.4. The number of aromatic nitrogens is 1. The van der Waals surface area contributed by atoms with Crippen LogP contribution in [0, 0.1) is 0 Å². The van der Waals surface area contributed by atoms with Crippen LogP contribution in [0.25, 0.3) is 10.9 Å². The second-order valence-corrected chi connectivity index (χ2v) is 10.9. The van der Waals surface area contributed by atoms with Crippen molar-refractivity contribution >= 4 is 22.7 Å². The number of carbonyl (C=O) groups excluding carboxylic acids is 2. The van der Waals surface area contributed by atoms with E-state index in [-0.39, 0.29) is 12.5 Å². The SMILES string of the molecule is O=C(CCCc1cn(CN2CCN(C(=O)C3COc4ccccc4O3)CC2)c2ccccc12)N1CCCCC1. The van der Waals surface area contributed by atoms with Gasteiger partial charge in [0, 0.05) is 62.8 Å². The van der Waals surface area contributed by atoms with Gasteiger partial charge in [0.05, 0.1) is 6.67 Å². The molecule has 3 aromatic rings. The molecule has 0 saturated carbocycles. The van der Waals surface area contributed by atoms with E-state index in [1.54, 1.807) is 0 Å². The fourth-order valence-electron chi connectivity index (χ4n) is 6.04. The van der Waals surface area contributed by atoms with Gasteiger partial charge in [-0.3, -0.25) is 14.5 Å². The maximum Gasteiger partial charge on any atom is 0.267 e. The van der Waals surface area contributed by atoms with E-state index in [9.17, 15) is 9.59 Å². The van der Waals surface area contributed by atoms with Crippen LogP contribution in [-0.2, 0) is 22.7 Å². The lowest BCUT2D eigenvalue weighted by Crippen LogP contribution is -2.54. The van der Waals surface area contributed by atoms with E-state index in [2.05, 4.69) is 39.9 Å². The highest BCUT2D eigenvalue weighted by Crippen LogP contribution is 2.31. The molecule has 0 radical (unpaired) electrons. The van der Waals surface area contributed by atoms with Crippen molar-refractivity contribution in [2.45, 2.75) is 51.3 Å². The number of para-hydroxylation sites is 3. The van der Waals surface area contributed by atoms with Gasteiger partial charge in [-0.05, 0) is 55.9 Å². The van der Waals surface area contributed by atoms with E-state index in [4.69, 9.17) is 9.47 Å². The van der Waals surface area contributed by atoms with E-state index in [0.717, 1.165) is 58.5 Å². The predicted octanol–water partition coefficient (Wildman–Crippen LogP) is 3.92. The smallest absolute Gasteiger partial charge is 0.267 e. The molecule has 1 atom stereocenters. The second kappa shape index (κ2) is 11.7. The Bertz CT molecular complexity index is 1310. The average molecular weight is 531 g/mol. The first-order chi connectivity index (χ1) is 19.2. The molecule has 0 spiro atoms. The number of piperazine rings is 1. The summed E-state index contributed by atoms with van der Waals surface area (Å²) in [5, 5.41) is 1.27. The van der Waals surface area contributed by atoms with Gasteiger partial charge in [0.15, 0.2) is 11.5 Å². The first kappa shape index (κ1) is 25.7.